The number of fused-ring (bicyclic) bond motifs is 1. The van der Waals surface area contributed by atoms with Crippen LogP contribution in [0.1, 0.15) is 63.1 Å². The van der Waals surface area contributed by atoms with Crippen molar-refractivity contribution in [2.45, 2.75) is 64.0 Å². The van der Waals surface area contributed by atoms with Crippen molar-refractivity contribution in [1.29, 1.82) is 0 Å². The SMILES string of the molecule is CCN(CC)c1ccc([C@@H]2[C@@H]3CCCC[C@@]3(O)CCN2C(=O)Cc2ccccc2)cc1. The molecule has 1 aliphatic heterocycles. The Bertz CT molecular complexity index is 863. The van der Waals surface area contributed by atoms with Crippen LogP contribution in [0.15, 0.2) is 54.6 Å². The van der Waals surface area contributed by atoms with Crippen molar-refractivity contribution >= 4 is 11.6 Å². The quantitative estimate of drug-likeness (QED) is 0.717. The molecule has 3 atom stereocenters. The van der Waals surface area contributed by atoms with E-state index in [1.165, 1.54) is 5.69 Å². The Hall–Kier alpha value is -2.33. The summed E-state index contributed by atoms with van der Waals surface area (Å²) < 4.78 is 0. The highest BCUT2D eigenvalue weighted by atomic mass is 16.3. The minimum absolute atomic E-state index is 0.0546. The predicted octanol–water partition coefficient (Wildman–Crippen LogP) is 4.97. The highest BCUT2D eigenvalue weighted by Crippen LogP contribution is 2.49. The van der Waals surface area contributed by atoms with Crippen LogP contribution in [0.25, 0.3) is 0 Å². The fraction of sp³-hybridized carbons (Fsp3) is 0.519. The molecule has 4 heteroatoms. The van der Waals surface area contributed by atoms with Crippen molar-refractivity contribution in [3.05, 3.63) is 65.7 Å². The lowest BCUT2D eigenvalue weighted by Gasteiger charge is -2.52. The van der Waals surface area contributed by atoms with Crippen LogP contribution < -0.4 is 4.90 Å². The van der Waals surface area contributed by atoms with E-state index in [0.717, 1.165) is 49.9 Å². The van der Waals surface area contributed by atoms with Gasteiger partial charge in [-0.2, -0.15) is 0 Å². The molecule has 1 amide bonds. The molecular formula is C27H36N2O2. The summed E-state index contributed by atoms with van der Waals surface area (Å²) in [5.74, 6) is 0.269. The van der Waals surface area contributed by atoms with Crippen LogP contribution in [0.4, 0.5) is 5.69 Å². The highest BCUT2D eigenvalue weighted by Gasteiger charge is 2.50. The number of carbonyl (C=O) groups is 1. The third-order valence-electron chi connectivity index (χ3n) is 7.45. The number of carbonyl (C=O) groups excluding carboxylic acids is 1. The van der Waals surface area contributed by atoms with Crippen molar-refractivity contribution < 1.29 is 9.90 Å². The fourth-order valence-corrected chi connectivity index (χ4v) is 5.72. The van der Waals surface area contributed by atoms with Gasteiger partial charge in [0.1, 0.15) is 0 Å². The van der Waals surface area contributed by atoms with Crippen LogP contribution in [0, 0.1) is 5.92 Å². The Morgan fingerprint density at radius 3 is 2.42 bits per heavy atom. The number of aliphatic hydroxyl groups is 1. The highest BCUT2D eigenvalue weighted by molar-refractivity contribution is 5.79. The largest absolute Gasteiger partial charge is 0.389 e. The lowest BCUT2D eigenvalue weighted by atomic mass is 9.66. The zero-order chi connectivity index (χ0) is 21.8. The average Bonchev–Trinajstić information content (AvgIpc) is 2.80. The molecule has 2 aromatic rings. The smallest absolute Gasteiger partial charge is 0.227 e. The molecule has 1 saturated heterocycles. The van der Waals surface area contributed by atoms with Crippen LogP contribution in [0.3, 0.4) is 0 Å². The van der Waals surface area contributed by atoms with Crippen molar-refractivity contribution in [3.8, 4) is 0 Å². The summed E-state index contributed by atoms with van der Waals surface area (Å²) in [6, 6.07) is 18.7. The molecule has 0 aromatic heterocycles. The molecule has 0 radical (unpaired) electrons. The number of hydrogen-bond acceptors (Lipinski definition) is 3. The summed E-state index contributed by atoms with van der Waals surface area (Å²) in [4.78, 5) is 17.8. The molecular weight excluding hydrogens is 384 g/mol. The van der Waals surface area contributed by atoms with Gasteiger partial charge in [-0.1, -0.05) is 55.3 Å². The Morgan fingerprint density at radius 1 is 1.03 bits per heavy atom. The number of amides is 1. The number of likely N-dealkylation sites (tertiary alicyclic amines) is 1. The van der Waals surface area contributed by atoms with E-state index in [2.05, 4.69) is 47.9 Å². The molecule has 1 N–H and O–H groups in total. The zero-order valence-corrected chi connectivity index (χ0v) is 19.0. The summed E-state index contributed by atoms with van der Waals surface area (Å²) in [5, 5.41) is 11.5. The number of nitrogens with zero attached hydrogens (tertiary/aromatic N) is 2. The van der Waals surface area contributed by atoms with Crippen LogP contribution in [-0.4, -0.2) is 41.1 Å². The fourth-order valence-electron chi connectivity index (χ4n) is 5.72. The topological polar surface area (TPSA) is 43.8 Å². The number of rotatable bonds is 6. The summed E-state index contributed by atoms with van der Waals surface area (Å²) in [5.41, 5.74) is 2.77. The van der Waals surface area contributed by atoms with Crippen LogP contribution in [0.5, 0.6) is 0 Å². The third-order valence-corrected chi connectivity index (χ3v) is 7.45. The first-order valence-electron chi connectivity index (χ1n) is 12.0. The van der Waals surface area contributed by atoms with Gasteiger partial charge in [0.15, 0.2) is 0 Å². The van der Waals surface area contributed by atoms with E-state index in [4.69, 9.17) is 0 Å². The molecule has 1 heterocycles. The monoisotopic (exact) mass is 420 g/mol. The van der Waals surface area contributed by atoms with E-state index in [-0.39, 0.29) is 17.9 Å². The summed E-state index contributed by atoms with van der Waals surface area (Å²) in [6.07, 6.45) is 5.15. The molecule has 1 saturated carbocycles. The maximum absolute atomic E-state index is 13.4. The Labute approximate surface area is 186 Å². The van der Waals surface area contributed by atoms with E-state index in [1.807, 2.05) is 30.3 Å². The minimum atomic E-state index is -0.649. The number of anilines is 1. The Kier molecular flexibility index (Phi) is 6.66. The maximum atomic E-state index is 13.4. The van der Waals surface area contributed by atoms with Gasteiger partial charge >= 0.3 is 0 Å². The molecule has 0 bridgehead atoms. The summed E-state index contributed by atoms with van der Waals surface area (Å²) >= 11 is 0. The zero-order valence-electron chi connectivity index (χ0n) is 19.0. The number of piperidine rings is 1. The van der Waals surface area contributed by atoms with Crippen LogP contribution in [0.2, 0.25) is 0 Å². The minimum Gasteiger partial charge on any atom is -0.389 e. The number of benzene rings is 2. The first-order valence-corrected chi connectivity index (χ1v) is 12.0. The lowest BCUT2D eigenvalue weighted by molar-refractivity contribution is -0.154. The van der Waals surface area contributed by atoms with Gasteiger partial charge in [-0.15, -0.1) is 0 Å². The van der Waals surface area contributed by atoms with Crippen LogP contribution in [-0.2, 0) is 11.2 Å². The van der Waals surface area contributed by atoms with Gasteiger partial charge in [0.05, 0.1) is 18.1 Å². The van der Waals surface area contributed by atoms with Gasteiger partial charge < -0.3 is 14.9 Å². The average molecular weight is 421 g/mol. The van der Waals surface area contributed by atoms with Gasteiger partial charge in [-0.05, 0) is 56.4 Å². The van der Waals surface area contributed by atoms with Gasteiger partial charge in [0, 0.05) is 31.2 Å². The second-order valence-corrected chi connectivity index (χ2v) is 9.16. The molecule has 4 nitrogen and oxygen atoms in total. The van der Waals surface area contributed by atoms with Gasteiger partial charge in [-0.3, -0.25) is 4.79 Å². The normalized spacial score (nSPS) is 25.7. The Balaban J connectivity index is 1.65. The molecule has 2 aromatic carbocycles. The van der Waals surface area contributed by atoms with Gasteiger partial charge in [0.25, 0.3) is 0 Å². The second-order valence-electron chi connectivity index (χ2n) is 9.16. The summed E-state index contributed by atoms with van der Waals surface area (Å²) in [6.45, 7) is 6.92. The molecule has 2 aliphatic rings. The standard InChI is InChI=1S/C27H36N2O2/c1-3-28(4-2)23-15-13-22(14-16-23)26-24-12-8-9-17-27(24,31)18-19-29(26)25(30)20-21-10-6-5-7-11-21/h5-7,10-11,13-16,24,26,31H,3-4,8-9,12,17-20H2,1-2H3/t24-,26+,27+/m0/s1. The van der Waals surface area contributed by atoms with Crippen molar-refractivity contribution in [2.24, 2.45) is 5.92 Å². The lowest BCUT2D eigenvalue weighted by Crippen LogP contribution is -2.56. The molecule has 4 rings (SSSR count). The van der Waals surface area contributed by atoms with E-state index < -0.39 is 5.60 Å². The van der Waals surface area contributed by atoms with Crippen molar-refractivity contribution in [3.63, 3.8) is 0 Å². The first kappa shape index (κ1) is 21.9. The molecule has 31 heavy (non-hydrogen) atoms. The van der Waals surface area contributed by atoms with E-state index >= 15 is 0 Å². The third kappa shape index (κ3) is 4.50. The summed E-state index contributed by atoms with van der Waals surface area (Å²) in [7, 11) is 0. The molecule has 0 unspecified atom stereocenters. The van der Waals surface area contributed by atoms with Crippen LogP contribution >= 0.6 is 0 Å². The molecule has 2 fully saturated rings. The predicted molar refractivity (Wildman–Crippen MR) is 126 cm³/mol. The molecule has 1 aliphatic carbocycles. The van der Waals surface area contributed by atoms with Crippen molar-refractivity contribution in [2.75, 3.05) is 24.5 Å². The molecule has 166 valence electrons. The number of hydrogen-bond donors (Lipinski definition) is 1. The van der Waals surface area contributed by atoms with Crippen molar-refractivity contribution in [1.82, 2.24) is 4.90 Å². The second kappa shape index (κ2) is 9.44. The van der Waals surface area contributed by atoms with Gasteiger partial charge in [-0.25, -0.2) is 0 Å². The van der Waals surface area contributed by atoms with E-state index in [1.54, 1.807) is 0 Å². The molecule has 0 spiro atoms. The maximum Gasteiger partial charge on any atom is 0.227 e. The van der Waals surface area contributed by atoms with E-state index in [9.17, 15) is 9.90 Å². The van der Waals surface area contributed by atoms with Gasteiger partial charge in [0.2, 0.25) is 5.91 Å². The Morgan fingerprint density at radius 2 is 1.74 bits per heavy atom. The van der Waals surface area contributed by atoms with E-state index in [0.29, 0.717) is 19.4 Å². The first-order chi connectivity index (χ1) is 15.1.